The molecule has 0 radical (unpaired) electrons. The maximum Gasteiger partial charge on any atom is 0.242 e. The summed E-state index contributed by atoms with van der Waals surface area (Å²) in [4.78, 5) is 19.0. The van der Waals surface area contributed by atoms with Crippen molar-refractivity contribution in [1.29, 1.82) is 0 Å². The van der Waals surface area contributed by atoms with Gasteiger partial charge in [-0.2, -0.15) is 0 Å². The monoisotopic (exact) mass is 383 g/mol. The Labute approximate surface area is 167 Å². The Hall–Kier alpha value is -2.73. The van der Waals surface area contributed by atoms with Crippen molar-refractivity contribution in [2.75, 3.05) is 58.9 Å². The Balaban J connectivity index is 1.52. The van der Waals surface area contributed by atoms with Gasteiger partial charge in [0.05, 0.1) is 20.8 Å². The highest BCUT2D eigenvalue weighted by atomic mass is 16.5. The predicted octanol–water partition coefficient (Wildman–Crippen LogP) is 2.48. The first-order valence-corrected chi connectivity index (χ1v) is 9.58. The van der Waals surface area contributed by atoms with E-state index in [9.17, 15) is 4.79 Å². The zero-order chi connectivity index (χ0) is 19.9. The van der Waals surface area contributed by atoms with E-state index in [1.165, 1.54) is 0 Å². The number of nitrogens with zero attached hydrogens (tertiary/aromatic N) is 3. The zero-order valence-corrected chi connectivity index (χ0v) is 16.9. The van der Waals surface area contributed by atoms with Crippen molar-refractivity contribution in [1.82, 2.24) is 9.80 Å². The fourth-order valence-electron chi connectivity index (χ4n) is 3.48. The molecule has 1 aliphatic rings. The van der Waals surface area contributed by atoms with Crippen LogP contribution < -0.4 is 14.4 Å². The molecular weight excluding hydrogens is 354 g/mol. The average molecular weight is 383 g/mol. The van der Waals surface area contributed by atoms with Gasteiger partial charge >= 0.3 is 0 Å². The van der Waals surface area contributed by atoms with Crippen LogP contribution in [0.15, 0.2) is 48.5 Å². The maximum atomic E-state index is 12.7. The van der Waals surface area contributed by atoms with Gasteiger partial charge in [-0.05, 0) is 30.3 Å². The summed E-state index contributed by atoms with van der Waals surface area (Å²) in [5.41, 5.74) is 2.16. The van der Waals surface area contributed by atoms with Gasteiger partial charge in [0, 0.05) is 51.0 Å². The summed E-state index contributed by atoms with van der Waals surface area (Å²) >= 11 is 0. The van der Waals surface area contributed by atoms with E-state index in [0.717, 1.165) is 55.5 Å². The molecule has 0 unspecified atom stereocenters. The third-order valence-corrected chi connectivity index (χ3v) is 5.18. The molecule has 28 heavy (non-hydrogen) atoms. The van der Waals surface area contributed by atoms with Gasteiger partial charge in [-0.15, -0.1) is 0 Å². The summed E-state index contributed by atoms with van der Waals surface area (Å²) in [6.07, 6.45) is 0. The third-order valence-electron chi connectivity index (χ3n) is 5.18. The number of hydrogen-bond donors (Lipinski definition) is 0. The second kappa shape index (κ2) is 9.46. The standard InChI is InChI=1S/C22H29N3O3/c1-23(19-7-5-4-6-8-19)17-22(26)25-13-11-24(12-14-25)16-18-15-20(27-2)9-10-21(18)28-3/h4-10,15H,11-14,16-17H2,1-3H3. The molecule has 1 heterocycles. The van der Waals surface area contributed by atoms with Crippen molar-refractivity contribution in [3.05, 3.63) is 54.1 Å². The molecule has 0 atom stereocenters. The lowest BCUT2D eigenvalue weighted by Crippen LogP contribution is -2.50. The van der Waals surface area contributed by atoms with Crippen molar-refractivity contribution >= 4 is 11.6 Å². The van der Waals surface area contributed by atoms with Crippen molar-refractivity contribution in [2.24, 2.45) is 0 Å². The maximum absolute atomic E-state index is 12.7. The van der Waals surface area contributed by atoms with Gasteiger partial charge in [0.2, 0.25) is 5.91 Å². The summed E-state index contributed by atoms with van der Waals surface area (Å²) in [7, 11) is 5.31. The van der Waals surface area contributed by atoms with Gasteiger partial charge in [-0.25, -0.2) is 0 Å². The van der Waals surface area contributed by atoms with Crippen LogP contribution in [0.4, 0.5) is 5.69 Å². The van der Waals surface area contributed by atoms with Gasteiger partial charge < -0.3 is 19.3 Å². The zero-order valence-electron chi connectivity index (χ0n) is 16.9. The molecule has 1 fully saturated rings. The SMILES string of the molecule is COc1ccc(OC)c(CN2CCN(C(=O)CN(C)c3ccccc3)CC2)c1. The molecule has 0 N–H and O–H groups in total. The molecule has 150 valence electrons. The summed E-state index contributed by atoms with van der Waals surface area (Å²) in [5, 5.41) is 0. The van der Waals surface area contributed by atoms with E-state index in [2.05, 4.69) is 4.90 Å². The number of carbonyl (C=O) groups excluding carboxylic acids is 1. The topological polar surface area (TPSA) is 45.3 Å². The number of hydrogen-bond acceptors (Lipinski definition) is 5. The fraction of sp³-hybridized carbons (Fsp3) is 0.409. The van der Waals surface area contributed by atoms with Crippen LogP contribution in [0.2, 0.25) is 0 Å². The first-order chi connectivity index (χ1) is 13.6. The second-order valence-corrected chi connectivity index (χ2v) is 7.03. The van der Waals surface area contributed by atoms with Crippen molar-refractivity contribution in [3.8, 4) is 11.5 Å². The van der Waals surface area contributed by atoms with Crippen LogP contribution in [0.1, 0.15) is 5.56 Å². The minimum absolute atomic E-state index is 0.171. The normalized spacial score (nSPS) is 14.6. The van der Waals surface area contributed by atoms with Crippen LogP contribution in [0.5, 0.6) is 11.5 Å². The number of anilines is 1. The van der Waals surface area contributed by atoms with E-state index in [1.807, 2.05) is 65.4 Å². The Morgan fingerprint density at radius 2 is 1.71 bits per heavy atom. The molecule has 0 aromatic heterocycles. The van der Waals surface area contributed by atoms with Crippen LogP contribution in [0.25, 0.3) is 0 Å². The number of benzene rings is 2. The number of carbonyl (C=O) groups is 1. The molecule has 1 amide bonds. The molecule has 1 saturated heterocycles. The molecule has 1 aliphatic heterocycles. The predicted molar refractivity (Wildman–Crippen MR) is 111 cm³/mol. The van der Waals surface area contributed by atoms with Crippen LogP contribution in [-0.2, 0) is 11.3 Å². The molecule has 2 aromatic rings. The van der Waals surface area contributed by atoms with Crippen LogP contribution in [-0.4, -0.2) is 69.7 Å². The number of para-hydroxylation sites is 1. The number of ether oxygens (including phenoxy) is 2. The van der Waals surface area contributed by atoms with Crippen molar-refractivity contribution in [3.63, 3.8) is 0 Å². The highest BCUT2D eigenvalue weighted by Crippen LogP contribution is 2.25. The number of piperazine rings is 1. The summed E-state index contributed by atoms with van der Waals surface area (Å²) < 4.78 is 10.8. The third kappa shape index (κ3) is 4.95. The molecule has 0 aliphatic carbocycles. The quantitative estimate of drug-likeness (QED) is 0.735. The van der Waals surface area contributed by atoms with Crippen LogP contribution in [0.3, 0.4) is 0 Å². The smallest absolute Gasteiger partial charge is 0.242 e. The summed E-state index contributed by atoms with van der Waals surface area (Å²) in [5.74, 6) is 1.86. The molecule has 2 aromatic carbocycles. The van der Waals surface area contributed by atoms with Gasteiger partial charge in [0.15, 0.2) is 0 Å². The fourth-order valence-corrected chi connectivity index (χ4v) is 3.48. The Morgan fingerprint density at radius 1 is 1.00 bits per heavy atom. The highest BCUT2D eigenvalue weighted by molar-refractivity contribution is 5.81. The van der Waals surface area contributed by atoms with Gasteiger partial charge in [-0.3, -0.25) is 9.69 Å². The highest BCUT2D eigenvalue weighted by Gasteiger charge is 2.23. The van der Waals surface area contributed by atoms with Crippen molar-refractivity contribution in [2.45, 2.75) is 6.54 Å². The van der Waals surface area contributed by atoms with Crippen LogP contribution in [0, 0.1) is 0 Å². The van der Waals surface area contributed by atoms with E-state index in [-0.39, 0.29) is 5.91 Å². The number of rotatable bonds is 7. The molecular formula is C22H29N3O3. The Bertz CT molecular complexity index is 774. The number of likely N-dealkylation sites (N-methyl/N-ethyl adjacent to an activating group) is 1. The van der Waals surface area contributed by atoms with E-state index >= 15 is 0 Å². The molecule has 6 heteroatoms. The molecule has 6 nitrogen and oxygen atoms in total. The lowest BCUT2D eigenvalue weighted by Gasteiger charge is -2.36. The number of methoxy groups -OCH3 is 2. The lowest BCUT2D eigenvalue weighted by molar-refractivity contribution is -0.131. The van der Waals surface area contributed by atoms with Gasteiger partial charge in [0.1, 0.15) is 11.5 Å². The minimum atomic E-state index is 0.171. The molecule has 3 rings (SSSR count). The number of amides is 1. The van der Waals surface area contributed by atoms with Crippen LogP contribution >= 0.6 is 0 Å². The second-order valence-electron chi connectivity index (χ2n) is 7.03. The summed E-state index contributed by atoms with van der Waals surface area (Å²) in [6, 6.07) is 15.9. The van der Waals surface area contributed by atoms with Crippen molar-refractivity contribution < 1.29 is 14.3 Å². The Morgan fingerprint density at radius 3 is 2.36 bits per heavy atom. The Kier molecular flexibility index (Phi) is 6.76. The van der Waals surface area contributed by atoms with E-state index in [0.29, 0.717) is 6.54 Å². The molecule has 0 spiro atoms. The summed E-state index contributed by atoms with van der Waals surface area (Å²) in [6.45, 7) is 4.36. The molecule has 0 saturated carbocycles. The minimum Gasteiger partial charge on any atom is -0.497 e. The average Bonchev–Trinajstić information content (AvgIpc) is 2.74. The van der Waals surface area contributed by atoms with Gasteiger partial charge in [0.25, 0.3) is 0 Å². The van der Waals surface area contributed by atoms with Gasteiger partial charge in [-0.1, -0.05) is 18.2 Å². The first kappa shape index (κ1) is 20.0. The first-order valence-electron chi connectivity index (χ1n) is 9.58. The largest absolute Gasteiger partial charge is 0.497 e. The van der Waals surface area contributed by atoms with E-state index in [4.69, 9.17) is 9.47 Å². The van der Waals surface area contributed by atoms with E-state index < -0.39 is 0 Å². The lowest BCUT2D eigenvalue weighted by atomic mass is 10.1. The van der Waals surface area contributed by atoms with E-state index in [1.54, 1.807) is 14.2 Å². The molecule has 0 bridgehead atoms.